The molecular formula is C15H17N3O2. The molecule has 1 aromatic carbocycles. The maximum absolute atomic E-state index is 12.7. The standard InChI is InChI=1S/C15H17N3O2/c1-4-18-9-17(2)14-13(18)12(16-20-3)10-7-5-6-8-11(10)15(14)19/h5-8H,4,9H2,1-3H3. The Morgan fingerprint density at radius 1 is 1.25 bits per heavy atom. The van der Waals surface area contributed by atoms with Crippen molar-refractivity contribution in [3.05, 3.63) is 46.8 Å². The Morgan fingerprint density at radius 2 is 1.95 bits per heavy atom. The highest BCUT2D eigenvalue weighted by molar-refractivity contribution is 6.28. The van der Waals surface area contributed by atoms with Gasteiger partial charge in [0.2, 0.25) is 5.78 Å². The van der Waals surface area contributed by atoms with Crippen LogP contribution < -0.4 is 0 Å². The molecule has 104 valence electrons. The van der Waals surface area contributed by atoms with E-state index >= 15 is 0 Å². The van der Waals surface area contributed by atoms with Gasteiger partial charge in [-0.05, 0) is 6.92 Å². The topological polar surface area (TPSA) is 45.1 Å². The van der Waals surface area contributed by atoms with Crippen LogP contribution in [0.1, 0.15) is 22.8 Å². The number of allylic oxidation sites excluding steroid dienone is 2. The maximum Gasteiger partial charge on any atom is 0.211 e. The molecule has 0 amide bonds. The number of Topliss-reactive ketones (excluding diaryl/α,β-unsaturated/α-hetero) is 1. The Labute approximate surface area is 118 Å². The van der Waals surface area contributed by atoms with E-state index in [0.717, 1.165) is 23.5 Å². The molecule has 0 saturated heterocycles. The number of likely N-dealkylation sites (N-methyl/N-ethyl adjacent to an activating group) is 2. The number of oxime groups is 1. The Hall–Kier alpha value is -2.30. The summed E-state index contributed by atoms with van der Waals surface area (Å²) in [6.45, 7) is 3.59. The van der Waals surface area contributed by atoms with Crippen LogP contribution in [0, 0.1) is 0 Å². The zero-order chi connectivity index (χ0) is 14.3. The lowest BCUT2D eigenvalue weighted by Gasteiger charge is -2.23. The third-order valence-electron chi connectivity index (χ3n) is 3.74. The van der Waals surface area contributed by atoms with Gasteiger partial charge in [-0.1, -0.05) is 29.4 Å². The largest absolute Gasteiger partial charge is 0.399 e. The molecule has 0 spiro atoms. The molecule has 5 nitrogen and oxygen atoms in total. The monoisotopic (exact) mass is 271 g/mol. The highest BCUT2D eigenvalue weighted by Crippen LogP contribution is 2.34. The van der Waals surface area contributed by atoms with Gasteiger partial charge in [0.05, 0.1) is 12.4 Å². The highest BCUT2D eigenvalue weighted by Gasteiger charge is 2.39. The van der Waals surface area contributed by atoms with E-state index in [1.54, 1.807) is 0 Å². The molecule has 0 aromatic heterocycles. The summed E-state index contributed by atoms with van der Waals surface area (Å²) < 4.78 is 0. The van der Waals surface area contributed by atoms with E-state index in [9.17, 15) is 4.79 Å². The first-order chi connectivity index (χ1) is 9.69. The number of nitrogens with zero attached hydrogens (tertiary/aromatic N) is 3. The normalized spacial score (nSPS) is 19.6. The highest BCUT2D eigenvalue weighted by atomic mass is 16.6. The molecule has 0 fully saturated rings. The fourth-order valence-electron chi connectivity index (χ4n) is 2.86. The Kier molecular flexibility index (Phi) is 2.97. The molecule has 0 N–H and O–H groups in total. The maximum atomic E-state index is 12.7. The van der Waals surface area contributed by atoms with Crippen LogP contribution in [0.25, 0.3) is 0 Å². The number of benzene rings is 1. The number of fused-ring (bicyclic) bond motifs is 1. The van der Waals surface area contributed by atoms with Crippen LogP contribution in [0.5, 0.6) is 0 Å². The SMILES string of the molecule is CCN1CN(C)C2=C1C(=NOC)c1ccccc1C2=O. The molecule has 20 heavy (non-hydrogen) atoms. The molecule has 0 bridgehead atoms. The van der Waals surface area contributed by atoms with Crippen molar-refractivity contribution in [2.24, 2.45) is 5.16 Å². The van der Waals surface area contributed by atoms with Crippen LogP contribution >= 0.6 is 0 Å². The van der Waals surface area contributed by atoms with E-state index in [1.807, 2.05) is 36.2 Å². The second kappa shape index (κ2) is 4.67. The number of rotatable bonds is 2. The average Bonchev–Trinajstić information content (AvgIpc) is 2.80. The van der Waals surface area contributed by atoms with Crippen LogP contribution in [-0.2, 0) is 4.84 Å². The summed E-state index contributed by atoms with van der Waals surface area (Å²) >= 11 is 0. The van der Waals surface area contributed by atoms with E-state index in [1.165, 1.54) is 7.11 Å². The van der Waals surface area contributed by atoms with Crippen LogP contribution in [0.2, 0.25) is 0 Å². The number of ketones is 1. The summed E-state index contributed by atoms with van der Waals surface area (Å²) in [5, 5.41) is 4.17. The fraction of sp³-hybridized carbons (Fsp3) is 0.333. The third-order valence-corrected chi connectivity index (χ3v) is 3.74. The van der Waals surface area contributed by atoms with Gasteiger partial charge in [0.1, 0.15) is 18.5 Å². The fourth-order valence-corrected chi connectivity index (χ4v) is 2.86. The van der Waals surface area contributed by atoms with Gasteiger partial charge in [0.15, 0.2) is 0 Å². The van der Waals surface area contributed by atoms with E-state index in [0.29, 0.717) is 17.9 Å². The first-order valence-corrected chi connectivity index (χ1v) is 6.65. The number of carbonyl (C=O) groups excluding carboxylic acids is 1. The molecule has 2 aliphatic rings. The molecule has 0 atom stereocenters. The number of hydrogen-bond donors (Lipinski definition) is 0. The summed E-state index contributed by atoms with van der Waals surface area (Å²) in [4.78, 5) is 21.8. The Bertz CT molecular complexity index is 634. The minimum absolute atomic E-state index is 0.0594. The molecule has 1 heterocycles. The van der Waals surface area contributed by atoms with E-state index in [2.05, 4.69) is 17.0 Å². The summed E-state index contributed by atoms with van der Waals surface area (Å²) in [5.41, 5.74) is 3.85. The quantitative estimate of drug-likeness (QED) is 0.768. The van der Waals surface area contributed by atoms with Gasteiger partial charge in [-0.25, -0.2) is 0 Å². The van der Waals surface area contributed by atoms with E-state index < -0.39 is 0 Å². The van der Waals surface area contributed by atoms with Crippen LogP contribution in [0.3, 0.4) is 0 Å². The third kappa shape index (κ3) is 1.62. The predicted octanol–water partition coefficient (Wildman–Crippen LogP) is 1.67. The lowest BCUT2D eigenvalue weighted by molar-refractivity contribution is 0.1000. The van der Waals surface area contributed by atoms with Gasteiger partial charge in [-0.2, -0.15) is 0 Å². The zero-order valence-corrected chi connectivity index (χ0v) is 11.9. The molecule has 1 aliphatic heterocycles. The number of hydrogen-bond acceptors (Lipinski definition) is 5. The van der Waals surface area contributed by atoms with Gasteiger partial charge in [0.25, 0.3) is 0 Å². The first-order valence-electron chi connectivity index (χ1n) is 6.65. The van der Waals surface area contributed by atoms with Gasteiger partial charge >= 0.3 is 0 Å². The minimum Gasteiger partial charge on any atom is -0.399 e. The zero-order valence-electron chi connectivity index (χ0n) is 11.9. The lowest BCUT2D eigenvalue weighted by Crippen LogP contribution is -2.29. The van der Waals surface area contributed by atoms with Gasteiger partial charge in [-0.15, -0.1) is 0 Å². The second-order valence-electron chi connectivity index (χ2n) is 4.89. The van der Waals surface area contributed by atoms with Crippen molar-refractivity contribution < 1.29 is 9.63 Å². The molecule has 3 rings (SSSR count). The average molecular weight is 271 g/mol. The van der Waals surface area contributed by atoms with Gasteiger partial charge in [-0.3, -0.25) is 4.79 Å². The summed E-state index contributed by atoms with van der Waals surface area (Å²) in [7, 11) is 3.46. The summed E-state index contributed by atoms with van der Waals surface area (Å²) in [5.74, 6) is 0.0594. The van der Waals surface area contributed by atoms with Crippen molar-refractivity contribution >= 4 is 11.5 Å². The molecule has 1 aliphatic carbocycles. The van der Waals surface area contributed by atoms with Crippen LogP contribution in [0.4, 0.5) is 0 Å². The predicted molar refractivity (Wildman–Crippen MR) is 76.4 cm³/mol. The molecule has 1 aromatic rings. The van der Waals surface area contributed by atoms with Gasteiger partial charge < -0.3 is 14.6 Å². The molecule has 5 heteroatoms. The molecule has 0 unspecified atom stereocenters. The smallest absolute Gasteiger partial charge is 0.211 e. The second-order valence-corrected chi connectivity index (χ2v) is 4.89. The minimum atomic E-state index is 0.0594. The van der Waals surface area contributed by atoms with Crippen LogP contribution in [0.15, 0.2) is 40.8 Å². The van der Waals surface area contributed by atoms with Crippen molar-refractivity contribution in [3.8, 4) is 0 Å². The van der Waals surface area contributed by atoms with E-state index in [4.69, 9.17) is 4.84 Å². The van der Waals surface area contributed by atoms with Crippen molar-refractivity contribution in [1.82, 2.24) is 9.80 Å². The molecule has 0 radical (unpaired) electrons. The number of carbonyl (C=O) groups is 1. The summed E-state index contributed by atoms with van der Waals surface area (Å²) in [6, 6.07) is 7.55. The Balaban J connectivity index is 2.26. The molecule has 0 saturated carbocycles. The Morgan fingerprint density at radius 3 is 2.60 bits per heavy atom. The summed E-state index contributed by atoms with van der Waals surface area (Å²) in [6.07, 6.45) is 0. The molecular weight excluding hydrogens is 254 g/mol. The van der Waals surface area contributed by atoms with Crippen molar-refractivity contribution in [1.29, 1.82) is 0 Å². The van der Waals surface area contributed by atoms with Crippen molar-refractivity contribution in [2.45, 2.75) is 6.92 Å². The first kappa shape index (κ1) is 12.7. The van der Waals surface area contributed by atoms with Crippen molar-refractivity contribution in [2.75, 3.05) is 27.4 Å². The van der Waals surface area contributed by atoms with Gasteiger partial charge in [0, 0.05) is 24.7 Å². The van der Waals surface area contributed by atoms with E-state index in [-0.39, 0.29) is 5.78 Å². The lowest BCUT2D eigenvalue weighted by atomic mass is 9.89. The van der Waals surface area contributed by atoms with Crippen LogP contribution in [-0.4, -0.2) is 48.7 Å². The van der Waals surface area contributed by atoms with Crippen molar-refractivity contribution in [3.63, 3.8) is 0 Å².